The molecule has 1 aromatic rings. The van der Waals surface area contributed by atoms with E-state index in [0.29, 0.717) is 6.42 Å². The number of likely N-dealkylation sites (N-methyl/N-ethyl adjacent to an activating group) is 1. The average molecular weight is 258 g/mol. The number of carbonyl (C=O) groups excluding carboxylic acids is 1. The van der Waals surface area contributed by atoms with Crippen molar-refractivity contribution < 1.29 is 4.79 Å². The average Bonchev–Trinajstić information content (AvgIpc) is 3.23. The molecule has 1 saturated carbocycles. The number of likely N-dealkylation sites (tertiary alicyclic amines) is 1. The molecule has 0 aromatic heterocycles. The Kier molecular flexibility index (Phi) is 3.31. The molecule has 19 heavy (non-hydrogen) atoms. The molecular weight excluding hydrogens is 236 g/mol. The number of benzene rings is 1. The maximum Gasteiger partial charge on any atom is 0.222 e. The van der Waals surface area contributed by atoms with Gasteiger partial charge in [0, 0.05) is 19.5 Å². The minimum atomic E-state index is 0.0308. The second-order valence-electron chi connectivity index (χ2n) is 5.95. The lowest BCUT2D eigenvalue weighted by Crippen LogP contribution is -2.39. The standard InChI is InChI=1S/C16H22N2O/c1-18-15(19)4-2-3-14(17)16(18)13-9-7-12(8-10-13)11-5-6-11/h7-11,14,16H,2-6,17H2,1H3. The van der Waals surface area contributed by atoms with Crippen molar-refractivity contribution >= 4 is 5.91 Å². The molecule has 0 radical (unpaired) electrons. The van der Waals surface area contributed by atoms with Gasteiger partial charge in [0.05, 0.1) is 6.04 Å². The summed E-state index contributed by atoms with van der Waals surface area (Å²) >= 11 is 0. The molecule has 3 rings (SSSR count). The van der Waals surface area contributed by atoms with Crippen LogP contribution < -0.4 is 5.73 Å². The van der Waals surface area contributed by atoms with Crippen LogP contribution in [0.1, 0.15) is 55.2 Å². The van der Waals surface area contributed by atoms with Crippen LogP contribution in [0.3, 0.4) is 0 Å². The van der Waals surface area contributed by atoms with Gasteiger partial charge in [0.15, 0.2) is 0 Å². The maximum absolute atomic E-state index is 12.0. The van der Waals surface area contributed by atoms with Crippen LogP contribution in [-0.4, -0.2) is 23.9 Å². The van der Waals surface area contributed by atoms with Gasteiger partial charge >= 0.3 is 0 Å². The van der Waals surface area contributed by atoms with Crippen molar-refractivity contribution in [2.24, 2.45) is 5.73 Å². The van der Waals surface area contributed by atoms with Crippen molar-refractivity contribution in [3.63, 3.8) is 0 Å². The van der Waals surface area contributed by atoms with Crippen LogP contribution in [0, 0.1) is 0 Å². The molecule has 1 amide bonds. The third-order valence-corrected chi connectivity index (χ3v) is 4.47. The van der Waals surface area contributed by atoms with Crippen molar-refractivity contribution in [3.05, 3.63) is 35.4 Å². The summed E-state index contributed by atoms with van der Waals surface area (Å²) in [5.74, 6) is 0.987. The monoisotopic (exact) mass is 258 g/mol. The van der Waals surface area contributed by atoms with Crippen LogP contribution in [0.5, 0.6) is 0 Å². The topological polar surface area (TPSA) is 46.3 Å². The predicted molar refractivity (Wildman–Crippen MR) is 75.8 cm³/mol. The largest absolute Gasteiger partial charge is 0.337 e. The Bertz CT molecular complexity index is 464. The van der Waals surface area contributed by atoms with E-state index in [1.54, 1.807) is 0 Å². The van der Waals surface area contributed by atoms with Crippen LogP contribution >= 0.6 is 0 Å². The molecule has 2 fully saturated rings. The van der Waals surface area contributed by atoms with E-state index < -0.39 is 0 Å². The fourth-order valence-corrected chi connectivity index (χ4v) is 3.12. The smallest absolute Gasteiger partial charge is 0.222 e. The van der Waals surface area contributed by atoms with E-state index in [1.165, 1.54) is 24.0 Å². The molecule has 1 heterocycles. The lowest BCUT2D eigenvalue weighted by molar-refractivity contribution is -0.131. The predicted octanol–water partition coefficient (Wildman–Crippen LogP) is 2.57. The number of hydrogen-bond donors (Lipinski definition) is 1. The Hall–Kier alpha value is -1.35. The van der Waals surface area contributed by atoms with E-state index in [-0.39, 0.29) is 18.0 Å². The van der Waals surface area contributed by atoms with E-state index in [2.05, 4.69) is 24.3 Å². The van der Waals surface area contributed by atoms with E-state index in [0.717, 1.165) is 18.8 Å². The minimum Gasteiger partial charge on any atom is -0.337 e. The normalized spacial score (nSPS) is 28.3. The highest BCUT2D eigenvalue weighted by Gasteiger charge is 2.30. The van der Waals surface area contributed by atoms with Crippen LogP contribution in [0.25, 0.3) is 0 Å². The Morgan fingerprint density at radius 3 is 2.37 bits per heavy atom. The van der Waals surface area contributed by atoms with Gasteiger partial charge in [-0.2, -0.15) is 0 Å². The number of hydrogen-bond acceptors (Lipinski definition) is 2. The van der Waals surface area contributed by atoms with Crippen molar-refractivity contribution in [1.29, 1.82) is 0 Å². The van der Waals surface area contributed by atoms with E-state index in [1.807, 2.05) is 11.9 Å². The highest BCUT2D eigenvalue weighted by molar-refractivity contribution is 5.76. The van der Waals surface area contributed by atoms with E-state index in [4.69, 9.17) is 5.73 Å². The van der Waals surface area contributed by atoms with E-state index in [9.17, 15) is 4.79 Å². The van der Waals surface area contributed by atoms with Gasteiger partial charge in [-0.25, -0.2) is 0 Å². The molecule has 2 atom stereocenters. The van der Waals surface area contributed by atoms with Gasteiger partial charge in [0.1, 0.15) is 0 Å². The van der Waals surface area contributed by atoms with Crippen molar-refractivity contribution in [1.82, 2.24) is 4.90 Å². The quantitative estimate of drug-likeness (QED) is 0.886. The molecule has 1 aliphatic heterocycles. The second kappa shape index (κ2) is 4.97. The van der Waals surface area contributed by atoms with Crippen molar-refractivity contribution in [2.75, 3.05) is 7.05 Å². The lowest BCUT2D eigenvalue weighted by atomic mass is 9.95. The summed E-state index contributed by atoms with van der Waals surface area (Å²) in [6.45, 7) is 0. The maximum atomic E-state index is 12.0. The van der Waals surface area contributed by atoms with E-state index >= 15 is 0 Å². The summed E-state index contributed by atoms with van der Waals surface area (Å²) in [5, 5.41) is 0. The number of rotatable bonds is 2. The highest BCUT2D eigenvalue weighted by Crippen LogP contribution is 2.40. The fraction of sp³-hybridized carbons (Fsp3) is 0.562. The van der Waals surface area contributed by atoms with Gasteiger partial charge < -0.3 is 10.6 Å². The third-order valence-electron chi connectivity index (χ3n) is 4.47. The Labute approximate surface area is 114 Å². The first kappa shape index (κ1) is 12.7. The summed E-state index contributed by atoms with van der Waals surface area (Å²) in [6, 6.07) is 8.82. The zero-order valence-corrected chi connectivity index (χ0v) is 11.5. The van der Waals surface area contributed by atoms with Gasteiger partial charge in [-0.05, 0) is 42.7 Å². The fourth-order valence-electron chi connectivity index (χ4n) is 3.12. The molecular formula is C16H22N2O. The summed E-state index contributed by atoms with van der Waals surface area (Å²) in [7, 11) is 1.88. The summed E-state index contributed by atoms with van der Waals surface area (Å²) in [6.07, 6.45) is 5.09. The van der Waals surface area contributed by atoms with Gasteiger partial charge in [0.25, 0.3) is 0 Å². The lowest BCUT2D eigenvalue weighted by Gasteiger charge is -2.31. The van der Waals surface area contributed by atoms with Gasteiger partial charge in [-0.15, -0.1) is 0 Å². The molecule has 0 spiro atoms. The van der Waals surface area contributed by atoms with Crippen molar-refractivity contribution in [2.45, 2.75) is 50.1 Å². The number of carbonyl (C=O) groups is 1. The SMILES string of the molecule is CN1C(=O)CCCC(N)C1c1ccc(C2CC2)cc1. The molecule has 2 aliphatic rings. The zero-order valence-electron chi connectivity index (χ0n) is 11.5. The molecule has 0 bridgehead atoms. The first-order valence-electron chi connectivity index (χ1n) is 7.28. The molecule has 3 nitrogen and oxygen atoms in total. The zero-order chi connectivity index (χ0) is 13.4. The van der Waals surface area contributed by atoms with Crippen LogP contribution in [0.15, 0.2) is 24.3 Å². The summed E-state index contributed by atoms with van der Waals surface area (Å²) in [5.41, 5.74) is 8.89. The Balaban J connectivity index is 1.86. The molecule has 2 unspecified atom stereocenters. The molecule has 1 aliphatic carbocycles. The number of amides is 1. The van der Waals surface area contributed by atoms with Crippen LogP contribution in [0.2, 0.25) is 0 Å². The molecule has 1 saturated heterocycles. The number of nitrogens with zero attached hydrogens (tertiary/aromatic N) is 1. The minimum absolute atomic E-state index is 0.0308. The number of nitrogens with two attached hydrogens (primary N) is 1. The first-order chi connectivity index (χ1) is 9.16. The molecule has 1 aromatic carbocycles. The van der Waals surface area contributed by atoms with Gasteiger partial charge in [-0.1, -0.05) is 24.3 Å². The molecule has 2 N–H and O–H groups in total. The molecule has 102 valence electrons. The van der Waals surface area contributed by atoms with Gasteiger partial charge in [-0.3, -0.25) is 4.79 Å². The molecule has 3 heteroatoms. The van der Waals surface area contributed by atoms with Crippen LogP contribution in [0.4, 0.5) is 0 Å². The Morgan fingerprint density at radius 1 is 1.11 bits per heavy atom. The van der Waals surface area contributed by atoms with Crippen LogP contribution in [-0.2, 0) is 4.79 Å². The third kappa shape index (κ3) is 2.52. The second-order valence-corrected chi connectivity index (χ2v) is 5.95. The summed E-state index contributed by atoms with van der Waals surface area (Å²) in [4.78, 5) is 13.8. The van der Waals surface area contributed by atoms with Gasteiger partial charge in [0.2, 0.25) is 5.91 Å². The first-order valence-corrected chi connectivity index (χ1v) is 7.28. The van der Waals surface area contributed by atoms with Crippen molar-refractivity contribution in [3.8, 4) is 0 Å². The highest BCUT2D eigenvalue weighted by atomic mass is 16.2. The summed E-state index contributed by atoms with van der Waals surface area (Å²) < 4.78 is 0. The Morgan fingerprint density at radius 2 is 1.74 bits per heavy atom.